The number of aliphatic hydroxyl groups is 2. The number of nitrogens with one attached hydrogen (secondary N) is 1. The van der Waals surface area contributed by atoms with E-state index in [1.54, 1.807) is 6.92 Å². The summed E-state index contributed by atoms with van der Waals surface area (Å²) < 4.78 is 7.66. The lowest BCUT2D eigenvalue weighted by atomic mass is 10.1. The second kappa shape index (κ2) is 5.06. The molecule has 0 bridgehead atoms. The summed E-state index contributed by atoms with van der Waals surface area (Å²) in [6.07, 6.45) is -1.94. The monoisotopic (exact) mass is 392 g/mol. The minimum Gasteiger partial charge on any atom is -0.387 e. The Morgan fingerprint density at radius 1 is 1.50 bits per heavy atom. The molecule has 3 heterocycles. The van der Waals surface area contributed by atoms with Gasteiger partial charge in [0.15, 0.2) is 17.4 Å². The maximum absolute atomic E-state index is 11.8. The lowest BCUT2D eigenvalue weighted by molar-refractivity contribution is -0.0283. The number of halogens is 1. The van der Waals surface area contributed by atoms with Gasteiger partial charge in [0.05, 0.1) is 12.4 Å². The van der Waals surface area contributed by atoms with E-state index in [9.17, 15) is 15.0 Å². The van der Waals surface area contributed by atoms with Gasteiger partial charge in [0, 0.05) is 4.43 Å². The van der Waals surface area contributed by atoms with E-state index in [1.807, 2.05) is 0 Å². The van der Waals surface area contributed by atoms with Crippen molar-refractivity contribution in [1.29, 1.82) is 0 Å². The predicted molar refractivity (Wildman–Crippen MR) is 77.7 cm³/mol. The van der Waals surface area contributed by atoms with Gasteiger partial charge in [0.25, 0.3) is 5.56 Å². The molecule has 1 fully saturated rings. The zero-order valence-electron chi connectivity index (χ0n) is 10.5. The molecule has 0 radical (unpaired) electrons. The Balaban J connectivity index is 2.09. The van der Waals surface area contributed by atoms with Crippen LogP contribution in [0.25, 0.3) is 11.2 Å². The molecule has 8 nitrogen and oxygen atoms in total. The van der Waals surface area contributed by atoms with E-state index in [-0.39, 0.29) is 11.1 Å². The van der Waals surface area contributed by atoms with E-state index in [1.165, 1.54) is 10.9 Å². The summed E-state index contributed by atoms with van der Waals surface area (Å²) in [5.41, 5.74) is 0.167. The summed E-state index contributed by atoms with van der Waals surface area (Å²) in [7, 11) is 0. The fourth-order valence-corrected chi connectivity index (χ4v) is 3.04. The van der Waals surface area contributed by atoms with Crippen LogP contribution in [0.15, 0.2) is 11.1 Å². The number of aryl methyl sites for hydroxylation is 1. The molecule has 1 saturated heterocycles. The minimum absolute atomic E-state index is 0.179. The van der Waals surface area contributed by atoms with Crippen LogP contribution >= 0.6 is 22.6 Å². The fraction of sp³-hybridized carbons (Fsp3) is 0.545. The number of hydrogen-bond donors (Lipinski definition) is 3. The number of fused-ring (bicyclic) bond motifs is 1. The molecular formula is C11H13IN4O4. The van der Waals surface area contributed by atoms with Gasteiger partial charge in [-0.05, 0) is 6.92 Å². The smallest absolute Gasteiger partial charge is 0.279 e. The normalized spacial score (nSPS) is 30.2. The summed E-state index contributed by atoms with van der Waals surface area (Å²) in [5.74, 6) is 0.447. The molecule has 3 N–H and O–H groups in total. The van der Waals surface area contributed by atoms with Crippen LogP contribution in [0, 0.1) is 6.92 Å². The first kappa shape index (κ1) is 13.9. The van der Waals surface area contributed by atoms with Crippen LogP contribution in [0.1, 0.15) is 12.1 Å². The Labute approximate surface area is 127 Å². The number of aliphatic hydroxyl groups excluding tert-OH is 2. The summed E-state index contributed by atoms with van der Waals surface area (Å²) >= 11 is 2.08. The molecule has 1 aliphatic rings. The lowest BCUT2D eigenvalue weighted by Crippen LogP contribution is -2.32. The molecule has 2 aromatic heterocycles. The molecule has 0 aromatic carbocycles. The molecule has 108 valence electrons. The molecule has 2 aromatic rings. The van der Waals surface area contributed by atoms with Gasteiger partial charge in [-0.25, -0.2) is 9.97 Å². The van der Waals surface area contributed by atoms with Crippen LogP contribution in [0.3, 0.4) is 0 Å². The molecule has 1 unspecified atom stereocenters. The molecule has 4 atom stereocenters. The quantitative estimate of drug-likeness (QED) is 0.469. The van der Waals surface area contributed by atoms with Crippen molar-refractivity contribution < 1.29 is 14.9 Å². The van der Waals surface area contributed by atoms with Crippen molar-refractivity contribution in [3.05, 3.63) is 22.5 Å². The molecule has 1 aliphatic heterocycles. The zero-order valence-corrected chi connectivity index (χ0v) is 12.7. The van der Waals surface area contributed by atoms with Crippen LogP contribution in [-0.2, 0) is 4.74 Å². The van der Waals surface area contributed by atoms with E-state index >= 15 is 0 Å². The maximum Gasteiger partial charge on any atom is 0.279 e. The van der Waals surface area contributed by atoms with Crippen LogP contribution < -0.4 is 5.56 Å². The van der Waals surface area contributed by atoms with Gasteiger partial charge in [-0.2, -0.15) is 0 Å². The average molecular weight is 392 g/mol. The molecule has 0 aliphatic carbocycles. The summed E-state index contributed by atoms with van der Waals surface area (Å²) in [6, 6.07) is 0. The minimum atomic E-state index is -1.09. The third-order valence-corrected chi connectivity index (χ3v) is 4.18. The molecular weight excluding hydrogens is 379 g/mol. The van der Waals surface area contributed by atoms with Crippen LogP contribution in [0.4, 0.5) is 0 Å². The third-order valence-electron chi connectivity index (χ3n) is 3.31. The van der Waals surface area contributed by atoms with Gasteiger partial charge in [-0.15, -0.1) is 0 Å². The Morgan fingerprint density at radius 3 is 2.90 bits per heavy atom. The molecule has 9 heteroatoms. The van der Waals surface area contributed by atoms with Gasteiger partial charge in [0.1, 0.15) is 18.0 Å². The standard InChI is InChI=1S/C11H13IN4O4/c1-4-14-9-6(10(19)15-4)13-3-16(9)11-8(18)7(17)5(2-12)20-11/h3,5,7-8,11,17-18H,2H2,1H3,(H,14,15,19)/t5-,7?,8+,11-/m1/s1. The van der Waals surface area contributed by atoms with Crippen molar-refractivity contribution in [2.24, 2.45) is 0 Å². The number of rotatable bonds is 2. The molecule has 0 saturated carbocycles. The number of aromatic nitrogens is 4. The van der Waals surface area contributed by atoms with Crippen molar-refractivity contribution in [2.45, 2.75) is 31.5 Å². The highest BCUT2D eigenvalue weighted by Crippen LogP contribution is 2.31. The maximum atomic E-state index is 11.8. The van der Waals surface area contributed by atoms with Crippen LogP contribution in [0.5, 0.6) is 0 Å². The largest absolute Gasteiger partial charge is 0.387 e. The lowest BCUT2D eigenvalue weighted by Gasteiger charge is -2.16. The highest BCUT2D eigenvalue weighted by molar-refractivity contribution is 14.1. The number of hydrogen-bond acceptors (Lipinski definition) is 6. The van der Waals surface area contributed by atoms with Gasteiger partial charge in [-0.3, -0.25) is 9.36 Å². The number of H-pyrrole nitrogens is 1. The summed E-state index contributed by atoms with van der Waals surface area (Å²) in [4.78, 5) is 22.5. The number of imidazole rings is 1. The number of aromatic amines is 1. The van der Waals surface area contributed by atoms with E-state index < -0.39 is 24.5 Å². The molecule has 0 spiro atoms. The predicted octanol–water partition coefficient (Wildman–Crippen LogP) is -0.518. The first-order valence-electron chi connectivity index (χ1n) is 6.04. The topological polar surface area (TPSA) is 113 Å². The molecule has 20 heavy (non-hydrogen) atoms. The van der Waals surface area contributed by atoms with Crippen molar-refractivity contribution >= 4 is 33.8 Å². The summed E-state index contributed by atoms with van der Waals surface area (Å²) in [5, 5.41) is 20.0. The summed E-state index contributed by atoms with van der Waals surface area (Å²) in [6.45, 7) is 1.66. The van der Waals surface area contributed by atoms with Gasteiger partial charge in [0.2, 0.25) is 0 Å². The highest BCUT2D eigenvalue weighted by Gasteiger charge is 2.43. The zero-order chi connectivity index (χ0) is 14.4. The number of ether oxygens (including phenoxy) is 1. The van der Waals surface area contributed by atoms with Crippen LogP contribution in [0.2, 0.25) is 0 Å². The van der Waals surface area contributed by atoms with E-state index in [0.717, 1.165) is 0 Å². The Bertz CT molecular complexity index is 699. The van der Waals surface area contributed by atoms with E-state index in [0.29, 0.717) is 15.9 Å². The number of alkyl halides is 1. The number of nitrogens with zero attached hydrogens (tertiary/aromatic N) is 3. The van der Waals surface area contributed by atoms with Gasteiger partial charge >= 0.3 is 0 Å². The fourth-order valence-electron chi connectivity index (χ4n) is 2.31. The van der Waals surface area contributed by atoms with Crippen LogP contribution in [-0.4, -0.2) is 52.5 Å². The third kappa shape index (κ3) is 2.05. The van der Waals surface area contributed by atoms with Crippen molar-refractivity contribution in [1.82, 2.24) is 19.5 Å². The SMILES string of the molecule is Cc1nc2c(ncn2[C@@H]2O[C@H](CI)C(O)[C@@H]2O)c(=O)[nH]1. The van der Waals surface area contributed by atoms with Crippen molar-refractivity contribution in [2.75, 3.05) is 4.43 Å². The highest BCUT2D eigenvalue weighted by atomic mass is 127. The van der Waals surface area contributed by atoms with Crippen molar-refractivity contribution in [3.63, 3.8) is 0 Å². The van der Waals surface area contributed by atoms with E-state index in [2.05, 4.69) is 37.5 Å². The second-order valence-corrected chi connectivity index (χ2v) is 5.56. The van der Waals surface area contributed by atoms with E-state index in [4.69, 9.17) is 4.74 Å². The van der Waals surface area contributed by atoms with Crippen molar-refractivity contribution in [3.8, 4) is 0 Å². The Hall–Kier alpha value is -1.04. The Kier molecular flexibility index (Phi) is 3.52. The first-order chi connectivity index (χ1) is 9.52. The second-order valence-electron chi connectivity index (χ2n) is 4.68. The molecule has 3 rings (SSSR count). The van der Waals surface area contributed by atoms with Gasteiger partial charge in [-0.1, -0.05) is 22.6 Å². The average Bonchev–Trinajstić information content (AvgIpc) is 2.93. The Morgan fingerprint density at radius 2 is 2.25 bits per heavy atom. The first-order valence-corrected chi connectivity index (χ1v) is 7.56. The van der Waals surface area contributed by atoms with Gasteiger partial charge < -0.3 is 19.9 Å². The molecule has 0 amide bonds.